The number of benzene rings is 2. The Balaban J connectivity index is 1.40. The summed E-state index contributed by atoms with van der Waals surface area (Å²) in [5.41, 5.74) is 9.17. The summed E-state index contributed by atoms with van der Waals surface area (Å²) in [4.78, 5) is 4.51. The molecule has 3 aliphatic rings. The smallest absolute Gasteiger partial charge is 0.123 e. The van der Waals surface area contributed by atoms with Gasteiger partial charge in [0.25, 0.3) is 0 Å². The number of aromatic nitrogens is 1. The van der Waals surface area contributed by atoms with Crippen molar-refractivity contribution in [1.82, 2.24) is 21.0 Å². The van der Waals surface area contributed by atoms with E-state index in [9.17, 15) is 9.65 Å². The van der Waals surface area contributed by atoms with Gasteiger partial charge in [-0.2, -0.15) is 5.26 Å². The summed E-state index contributed by atoms with van der Waals surface area (Å²) < 4.78 is 13.9. The lowest BCUT2D eigenvalue weighted by Gasteiger charge is -2.42. The molecule has 4 N–H and O–H groups in total. The first-order chi connectivity index (χ1) is 19.3. The van der Waals surface area contributed by atoms with Crippen molar-refractivity contribution in [2.45, 2.75) is 63.3 Å². The van der Waals surface area contributed by atoms with E-state index >= 15 is 0 Å². The Morgan fingerprint density at radius 3 is 2.70 bits per heavy atom. The van der Waals surface area contributed by atoms with Crippen molar-refractivity contribution in [2.75, 3.05) is 17.2 Å². The van der Waals surface area contributed by atoms with E-state index < -0.39 is 5.44 Å². The molecule has 6 rings (SSSR count). The summed E-state index contributed by atoms with van der Waals surface area (Å²) in [7, 11) is 7.09. The molecule has 0 bridgehead atoms. The molecule has 3 aromatic rings. The Hall–Kier alpha value is -3.48. The first-order valence-electron chi connectivity index (χ1n) is 14.0. The number of fused-ring (bicyclic) bond motifs is 1. The highest BCUT2D eigenvalue weighted by Gasteiger charge is 2.38. The summed E-state index contributed by atoms with van der Waals surface area (Å²) in [6, 6.07) is 12.5. The number of nitrogens with zero attached hydrogens (tertiary/aromatic N) is 3. The zero-order valence-corrected chi connectivity index (χ0v) is 23.3. The van der Waals surface area contributed by atoms with E-state index in [0.29, 0.717) is 39.1 Å². The molecule has 2 heterocycles. The third-order valence-corrected chi connectivity index (χ3v) is 8.76. The first-order valence-corrected chi connectivity index (χ1v) is 14.3. The van der Waals surface area contributed by atoms with Gasteiger partial charge >= 0.3 is 0 Å². The number of halogens is 2. The van der Waals surface area contributed by atoms with Gasteiger partial charge in [0.05, 0.1) is 32.9 Å². The van der Waals surface area contributed by atoms with Crippen LogP contribution in [0.3, 0.4) is 0 Å². The molecule has 204 valence electrons. The number of hydrazine groups is 2. The van der Waals surface area contributed by atoms with Gasteiger partial charge in [0.15, 0.2) is 0 Å². The van der Waals surface area contributed by atoms with Gasteiger partial charge in [-0.05, 0) is 67.3 Å². The summed E-state index contributed by atoms with van der Waals surface area (Å²) >= 11 is 6.78. The molecule has 2 fully saturated rings. The van der Waals surface area contributed by atoms with Crippen molar-refractivity contribution in [1.29, 1.82) is 5.26 Å². The number of anilines is 2. The number of hydrogen-bond acceptors (Lipinski definition) is 7. The van der Waals surface area contributed by atoms with Gasteiger partial charge in [0.2, 0.25) is 0 Å². The number of rotatable bonds is 10. The van der Waals surface area contributed by atoms with E-state index in [-0.39, 0.29) is 11.2 Å². The van der Waals surface area contributed by atoms with Crippen LogP contribution in [0, 0.1) is 22.6 Å². The van der Waals surface area contributed by atoms with Gasteiger partial charge in [0, 0.05) is 36.1 Å². The largest absolute Gasteiger partial charge is 0.383 e. The standard InChI is InChI=1S/C30H32BClFN7/c1-2-10-29(11-3-12-29)18-36-27-19(15-34)16-35-28-24(27)13-22(14-25(28)32)37-30(31,20-4-6-21(33)7-5-20)26-17-40(39-38-26)23-8-9-23/h4-7,13-14,16-17,23,37-39H,2-3,8-12,18H2,1H3,(H,35,36). The van der Waals surface area contributed by atoms with Gasteiger partial charge in [-0.1, -0.05) is 43.5 Å². The van der Waals surface area contributed by atoms with Gasteiger partial charge < -0.3 is 16.1 Å². The number of nitriles is 1. The van der Waals surface area contributed by atoms with Crippen LogP contribution in [0.25, 0.3) is 10.9 Å². The predicted molar refractivity (Wildman–Crippen MR) is 158 cm³/mol. The van der Waals surface area contributed by atoms with Crippen molar-refractivity contribution in [3.05, 3.63) is 76.5 Å². The molecule has 1 aromatic heterocycles. The van der Waals surface area contributed by atoms with Crippen LogP contribution in [0.1, 0.15) is 63.0 Å². The maximum absolute atomic E-state index is 13.9. The minimum Gasteiger partial charge on any atom is -0.383 e. The SMILES string of the molecule is [B]C(Nc1cc(Cl)c2ncc(C#N)c(NCC3(CCC)CCC3)c2c1)(C1=CN(C2CC2)NN1)c1ccc(F)cc1. The molecule has 40 heavy (non-hydrogen) atoms. The summed E-state index contributed by atoms with van der Waals surface area (Å²) in [6.45, 7) is 3.01. The average molecular weight is 556 g/mol. The Morgan fingerprint density at radius 2 is 2.05 bits per heavy atom. The lowest BCUT2D eigenvalue weighted by atomic mass is 9.66. The molecule has 1 atom stereocenters. The fourth-order valence-electron chi connectivity index (χ4n) is 5.92. The topological polar surface area (TPSA) is 88.0 Å². The minimum atomic E-state index is -1.24. The number of nitrogens with one attached hydrogen (secondary N) is 4. The predicted octanol–water partition coefficient (Wildman–Crippen LogP) is 6.04. The van der Waals surface area contributed by atoms with Crippen LogP contribution >= 0.6 is 11.6 Å². The molecular formula is C30H32BClFN7. The van der Waals surface area contributed by atoms with Crippen LogP contribution in [-0.4, -0.2) is 30.4 Å². The molecule has 2 aromatic carbocycles. The normalized spacial score (nSPS) is 19.2. The van der Waals surface area contributed by atoms with Gasteiger partial charge in [-0.3, -0.25) is 9.99 Å². The van der Waals surface area contributed by atoms with Crippen LogP contribution in [0.15, 0.2) is 54.5 Å². The van der Waals surface area contributed by atoms with Crippen molar-refractivity contribution in [2.24, 2.45) is 5.41 Å². The maximum Gasteiger partial charge on any atom is 0.123 e. The zero-order chi connectivity index (χ0) is 27.9. The molecule has 0 amide bonds. The molecule has 2 radical (unpaired) electrons. The first kappa shape index (κ1) is 26.7. The Bertz CT molecular complexity index is 1500. The van der Waals surface area contributed by atoms with Crippen LogP contribution in [0.2, 0.25) is 5.02 Å². The van der Waals surface area contributed by atoms with Crippen molar-refractivity contribution in [3.8, 4) is 6.07 Å². The van der Waals surface area contributed by atoms with E-state index in [1.54, 1.807) is 24.4 Å². The highest BCUT2D eigenvalue weighted by atomic mass is 35.5. The average Bonchev–Trinajstić information content (AvgIpc) is 3.65. The molecule has 2 saturated carbocycles. The van der Waals surface area contributed by atoms with Crippen LogP contribution in [-0.2, 0) is 5.44 Å². The third-order valence-electron chi connectivity index (χ3n) is 8.47. The van der Waals surface area contributed by atoms with E-state index in [1.807, 2.05) is 17.3 Å². The van der Waals surface area contributed by atoms with Crippen LogP contribution < -0.4 is 21.6 Å². The van der Waals surface area contributed by atoms with Crippen LogP contribution in [0.5, 0.6) is 0 Å². The fourth-order valence-corrected chi connectivity index (χ4v) is 6.19. The van der Waals surface area contributed by atoms with E-state index in [2.05, 4.69) is 39.6 Å². The lowest BCUT2D eigenvalue weighted by molar-refractivity contribution is 0.136. The third kappa shape index (κ3) is 4.95. The maximum atomic E-state index is 13.9. The molecule has 1 unspecified atom stereocenters. The molecule has 0 spiro atoms. The Kier molecular flexibility index (Phi) is 7.01. The van der Waals surface area contributed by atoms with Gasteiger partial charge in [0.1, 0.15) is 19.7 Å². The second-order valence-corrected chi connectivity index (χ2v) is 11.7. The molecule has 10 heteroatoms. The van der Waals surface area contributed by atoms with Crippen molar-refractivity contribution >= 4 is 41.7 Å². The second-order valence-electron chi connectivity index (χ2n) is 11.3. The minimum absolute atomic E-state index is 0.257. The van der Waals surface area contributed by atoms with Crippen molar-refractivity contribution in [3.63, 3.8) is 0 Å². The van der Waals surface area contributed by atoms with E-state index in [4.69, 9.17) is 19.4 Å². The molecule has 7 nitrogen and oxygen atoms in total. The molecule has 1 aliphatic heterocycles. The van der Waals surface area contributed by atoms with Gasteiger partial charge in [-0.25, -0.2) is 4.39 Å². The van der Waals surface area contributed by atoms with E-state index in [1.165, 1.54) is 31.4 Å². The summed E-state index contributed by atoms with van der Waals surface area (Å²) in [5.74, 6) is -0.343. The zero-order valence-electron chi connectivity index (χ0n) is 22.5. The van der Waals surface area contributed by atoms with E-state index in [0.717, 1.165) is 43.3 Å². The van der Waals surface area contributed by atoms with Gasteiger partial charge in [-0.15, -0.1) is 5.53 Å². The number of hydrogen-bond donors (Lipinski definition) is 4. The van der Waals surface area contributed by atoms with Crippen LogP contribution in [0.4, 0.5) is 15.8 Å². The highest BCUT2D eigenvalue weighted by Crippen LogP contribution is 2.45. The number of pyridine rings is 1. The Labute approximate surface area is 240 Å². The van der Waals surface area contributed by atoms with Crippen molar-refractivity contribution < 1.29 is 4.39 Å². The summed E-state index contributed by atoms with van der Waals surface area (Å²) in [6.07, 6.45) is 11.6. The Morgan fingerprint density at radius 1 is 1.27 bits per heavy atom. The monoisotopic (exact) mass is 555 g/mol. The fraction of sp³-hybridized carbons (Fsp3) is 0.400. The second kappa shape index (κ2) is 10.5. The lowest BCUT2D eigenvalue weighted by Crippen LogP contribution is -2.45. The highest BCUT2D eigenvalue weighted by molar-refractivity contribution is 6.36. The molecular weight excluding hydrogens is 524 g/mol. The summed E-state index contributed by atoms with van der Waals surface area (Å²) in [5, 5.41) is 20.2. The molecule has 0 saturated heterocycles. The quantitative estimate of drug-likeness (QED) is 0.227. The molecule has 2 aliphatic carbocycles.